The molecule has 0 spiro atoms. The van der Waals surface area contributed by atoms with Gasteiger partial charge in [-0.05, 0) is 17.9 Å². The van der Waals surface area contributed by atoms with Crippen molar-refractivity contribution in [2.75, 3.05) is 5.75 Å². The average Bonchev–Trinajstić information content (AvgIpc) is 2.93. The van der Waals surface area contributed by atoms with Crippen molar-refractivity contribution in [1.82, 2.24) is 15.0 Å². The lowest BCUT2D eigenvalue weighted by Crippen LogP contribution is -1.92. The van der Waals surface area contributed by atoms with Crippen LogP contribution in [0.2, 0.25) is 0 Å². The molecule has 0 saturated heterocycles. The molecule has 92 valence electrons. The van der Waals surface area contributed by atoms with Crippen LogP contribution in [0, 0.1) is 0 Å². The van der Waals surface area contributed by atoms with Gasteiger partial charge >= 0.3 is 5.76 Å². The monoisotopic (exact) mass is 261 g/mol. The van der Waals surface area contributed by atoms with Crippen molar-refractivity contribution in [3.8, 4) is 11.3 Å². The summed E-state index contributed by atoms with van der Waals surface area (Å²) in [5.41, 5.74) is 3.07. The Bertz CT molecular complexity index is 741. The van der Waals surface area contributed by atoms with Crippen LogP contribution in [0.5, 0.6) is 0 Å². The van der Waals surface area contributed by atoms with Crippen LogP contribution >= 0.6 is 12.6 Å². The topological polar surface area (TPSA) is 74.7 Å². The molecule has 0 amide bonds. The van der Waals surface area contributed by atoms with E-state index in [4.69, 9.17) is 4.42 Å². The first-order valence-electron chi connectivity index (χ1n) is 5.54. The number of H-pyrrole nitrogens is 2. The minimum atomic E-state index is -0.442. The second-order valence-corrected chi connectivity index (χ2v) is 4.39. The number of benzene rings is 1. The molecule has 5 nitrogen and oxygen atoms in total. The molecule has 2 heterocycles. The van der Waals surface area contributed by atoms with Gasteiger partial charge in [0.2, 0.25) is 0 Å². The second-order valence-electron chi connectivity index (χ2n) is 3.94. The van der Waals surface area contributed by atoms with Crippen molar-refractivity contribution in [2.24, 2.45) is 0 Å². The van der Waals surface area contributed by atoms with Crippen LogP contribution in [0.3, 0.4) is 0 Å². The summed E-state index contributed by atoms with van der Waals surface area (Å²) in [4.78, 5) is 21.2. The van der Waals surface area contributed by atoms with Crippen molar-refractivity contribution in [1.29, 1.82) is 0 Å². The number of aryl methyl sites for hydroxylation is 1. The molecule has 2 N–H and O–H groups in total. The zero-order chi connectivity index (χ0) is 12.5. The van der Waals surface area contributed by atoms with Crippen molar-refractivity contribution in [2.45, 2.75) is 6.42 Å². The van der Waals surface area contributed by atoms with Gasteiger partial charge in [-0.2, -0.15) is 12.6 Å². The molecule has 18 heavy (non-hydrogen) atoms. The maximum atomic E-state index is 11.1. The van der Waals surface area contributed by atoms with Crippen molar-refractivity contribution < 1.29 is 4.42 Å². The molecule has 2 aromatic heterocycles. The SMILES string of the molecule is O=c1[nH]c2ccc(-c3cnc(CCS)[nH]3)cc2o1. The van der Waals surface area contributed by atoms with E-state index in [9.17, 15) is 4.79 Å². The van der Waals surface area contributed by atoms with Gasteiger partial charge in [-0.25, -0.2) is 9.78 Å². The molecule has 0 fully saturated rings. The summed E-state index contributed by atoms with van der Waals surface area (Å²) >= 11 is 4.17. The first-order chi connectivity index (χ1) is 8.76. The number of fused-ring (bicyclic) bond motifs is 1. The van der Waals surface area contributed by atoms with Crippen LogP contribution in [0.1, 0.15) is 5.82 Å². The smallest absolute Gasteiger partial charge is 0.408 e. The lowest BCUT2D eigenvalue weighted by Gasteiger charge is -1.96. The Labute approximate surface area is 108 Å². The van der Waals surface area contributed by atoms with Crippen LogP contribution in [0.15, 0.2) is 33.6 Å². The van der Waals surface area contributed by atoms with E-state index in [1.165, 1.54) is 0 Å². The molecule has 0 aliphatic carbocycles. The number of aromatic amines is 2. The van der Waals surface area contributed by atoms with Gasteiger partial charge in [0.15, 0.2) is 5.58 Å². The van der Waals surface area contributed by atoms with E-state index >= 15 is 0 Å². The van der Waals surface area contributed by atoms with Gasteiger partial charge in [0, 0.05) is 12.0 Å². The summed E-state index contributed by atoms with van der Waals surface area (Å²) < 4.78 is 5.03. The summed E-state index contributed by atoms with van der Waals surface area (Å²) in [5.74, 6) is 1.21. The summed E-state index contributed by atoms with van der Waals surface area (Å²) in [6.07, 6.45) is 2.56. The highest BCUT2D eigenvalue weighted by Crippen LogP contribution is 2.21. The van der Waals surface area contributed by atoms with E-state index in [0.29, 0.717) is 11.1 Å². The Hall–Kier alpha value is -1.95. The highest BCUT2D eigenvalue weighted by molar-refractivity contribution is 7.80. The van der Waals surface area contributed by atoms with Crippen molar-refractivity contribution >= 4 is 23.7 Å². The lowest BCUT2D eigenvalue weighted by atomic mass is 10.1. The van der Waals surface area contributed by atoms with Gasteiger partial charge in [-0.3, -0.25) is 4.98 Å². The molecule has 0 atom stereocenters. The third-order valence-electron chi connectivity index (χ3n) is 2.71. The molecule has 0 unspecified atom stereocenters. The zero-order valence-electron chi connectivity index (χ0n) is 9.43. The fourth-order valence-electron chi connectivity index (χ4n) is 1.86. The number of aromatic nitrogens is 3. The van der Waals surface area contributed by atoms with E-state index in [1.807, 2.05) is 18.2 Å². The van der Waals surface area contributed by atoms with Gasteiger partial charge in [0.05, 0.1) is 17.4 Å². The lowest BCUT2D eigenvalue weighted by molar-refractivity contribution is 0.555. The summed E-state index contributed by atoms with van der Waals surface area (Å²) in [6.45, 7) is 0. The average molecular weight is 261 g/mol. The van der Waals surface area contributed by atoms with Crippen LogP contribution in [-0.2, 0) is 6.42 Å². The Morgan fingerprint density at radius 3 is 3.06 bits per heavy atom. The molecular formula is C12H11N3O2S. The van der Waals surface area contributed by atoms with Crippen molar-refractivity contribution in [3.63, 3.8) is 0 Å². The minimum Gasteiger partial charge on any atom is -0.408 e. The molecule has 0 bridgehead atoms. The standard InChI is InChI=1S/C12H11N3O2S/c16-12-15-8-2-1-7(5-10(8)17-12)9-6-13-11(14-9)3-4-18/h1-2,5-6,18H,3-4H2,(H,13,14)(H,15,16). The van der Waals surface area contributed by atoms with E-state index in [-0.39, 0.29) is 0 Å². The van der Waals surface area contributed by atoms with Gasteiger partial charge in [0.1, 0.15) is 5.82 Å². The molecule has 3 rings (SSSR count). The van der Waals surface area contributed by atoms with Crippen LogP contribution < -0.4 is 5.76 Å². The molecule has 0 aliphatic heterocycles. The molecule has 0 radical (unpaired) electrons. The fraction of sp³-hybridized carbons (Fsp3) is 0.167. The number of hydrogen-bond acceptors (Lipinski definition) is 4. The van der Waals surface area contributed by atoms with Crippen LogP contribution in [-0.4, -0.2) is 20.7 Å². The van der Waals surface area contributed by atoms with Gasteiger partial charge in [-0.1, -0.05) is 6.07 Å². The number of nitrogens with zero attached hydrogens (tertiary/aromatic N) is 1. The molecule has 0 saturated carbocycles. The van der Waals surface area contributed by atoms with Gasteiger partial charge in [-0.15, -0.1) is 0 Å². The number of thiol groups is 1. The Morgan fingerprint density at radius 2 is 2.22 bits per heavy atom. The molecular weight excluding hydrogens is 250 g/mol. The molecule has 6 heteroatoms. The van der Waals surface area contributed by atoms with E-state index < -0.39 is 5.76 Å². The second kappa shape index (κ2) is 4.38. The summed E-state index contributed by atoms with van der Waals surface area (Å²) in [7, 11) is 0. The van der Waals surface area contributed by atoms with Gasteiger partial charge < -0.3 is 9.40 Å². The zero-order valence-corrected chi connectivity index (χ0v) is 10.3. The predicted molar refractivity (Wildman–Crippen MR) is 72.0 cm³/mol. The Kier molecular flexibility index (Phi) is 2.71. The van der Waals surface area contributed by atoms with Gasteiger partial charge in [0.25, 0.3) is 0 Å². The third-order valence-corrected chi connectivity index (χ3v) is 2.93. The first kappa shape index (κ1) is 11.2. The van der Waals surface area contributed by atoms with Crippen LogP contribution in [0.4, 0.5) is 0 Å². The molecule has 0 aliphatic rings. The predicted octanol–water partition coefficient (Wildman–Crippen LogP) is 1.98. The highest BCUT2D eigenvalue weighted by atomic mass is 32.1. The maximum absolute atomic E-state index is 11.1. The normalized spacial score (nSPS) is 11.2. The van der Waals surface area contributed by atoms with E-state index in [2.05, 4.69) is 27.6 Å². The Morgan fingerprint density at radius 1 is 1.33 bits per heavy atom. The quantitative estimate of drug-likeness (QED) is 0.631. The fourth-order valence-corrected chi connectivity index (χ4v) is 2.07. The molecule has 1 aromatic carbocycles. The number of nitrogens with one attached hydrogen (secondary N) is 2. The van der Waals surface area contributed by atoms with Crippen molar-refractivity contribution in [3.05, 3.63) is 40.8 Å². The minimum absolute atomic E-state index is 0.442. The Balaban J connectivity index is 2.04. The number of oxazole rings is 1. The number of imidazole rings is 1. The molecule has 3 aromatic rings. The highest BCUT2D eigenvalue weighted by Gasteiger charge is 2.06. The number of hydrogen-bond donors (Lipinski definition) is 3. The summed E-state index contributed by atoms with van der Waals surface area (Å²) in [6, 6.07) is 5.53. The van der Waals surface area contributed by atoms with E-state index in [0.717, 1.165) is 29.3 Å². The third kappa shape index (κ3) is 1.95. The maximum Gasteiger partial charge on any atom is 0.417 e. The largest absolute Gasteiger partial charge is 0.417 e. The van der Waals surface area contributed by atoms with E-state index in [1.54, 1.807) is 6.20 Å². The first-order valence-corrected chi connectivity index (χ1v) is 6.17. The number of rotatable bonds is 3. The van der Waals surface area contributed by atoms with Crippen LogP contribution in [0.25, 0.3) is 22.4 Å². The summed E-state index contributed by atoms with van der Waals surface area (Å²) in [5, 5.41) is 0.